The Morgan fingerprint density at radius 1 is 1.44 bits per heavy atom. The third kappa shape index (κ3) is 2.14. The highest BCUT2D eigenvalue weighted by Crippen LogP contribution is 2.42. The van der Waals surface area contributed by atoms with Crippen LogP contribution in [0, 0.1) is 0 Å². The first-order valence-electron chi connectivity index (χ1n) is 5.87. The Hall–Kier alpha value is -0.450. The fourth-order valence-electron chi connectivity index (χ4n) is 2.32. The van der Waals surface area contributed by atoms with E-state index in [0.717, 1.165) is 22.7 Å². The quantitative estimate of drug-likeness (QED) is 0.884. The molecule has 1 aliphatic rings. The van der Waals surface area contributed by atoms with Crippen LogP contribution in [0.2, 0.25) is 0 Å². The smallest absolute Gasteiger partial charge is 0.125 e. The van der Waals surface area contributed by atoms with Gasteiger partial charge in [0.25, 0.3) is 0 Å². The largest absolute Gasteiger partial charge is 0.388 e. The molecule has 1 aromatic rings. The standard InChI is InChI=1S/C12H19NO2S/c1-9(14)10-8-13-11(16-10)12(15-2)6-4-3-5-7-12/h8-9,14H,3-7H2,1-2H3. The van der Waals surface area contributed by atoms with Gasteiger partial charge in [0.15, 0.2) is 0 Å². The maximum atomic E-state index is 9.52. The van der Waals surface area contributed by atoms with Crippen molar-refractivity contribution in [1.82, 2.24) is 4.98 Å². The highest BCUT2D eigenvalue weighted by Gasteiger charge is 2.36. The van der Waals surface area contributed by atoms with Gasteiger partial charge >= 0.3 is 0 Å². The van der Waals surface area contributed by atoms with Crippen molar-refractivity contribution in [1.29, 1.82) is 0 Å². The summed E-state index contributed by atoms with van der Waals surface area (Å²) >= 11 is 1.58. The molecule has 1 fully saturated rings. The lowest BCUT2D eigenvalue weighted by Crippen LogP contribution is -2.30. The van der Waals surface area contributed by atoms with Crippen molar-refractivity contribution in [3.05, 3.63) is 16.1 Å². The van der Waals surface area contributed by atoms with Gasteiger partial charge in [-0.15, -0.1) is 11.3 Å². The minimum Gasteiger partial charge on any atom is -0.388 e. The molecule has 0 saturated heterocycles. The van der Waals surface area contributed by atoms with Crippen LogP contribution >= 0.6 is 11.3 Å². The van der Waals surface area contributed by atoms with E-state index in [-0.39, 0.29) is 5.60 Å². The van der Waals surface area contributed by atoms with Crippen LogP contribution in [0.25, 0.3) is 0 Å². The lowest BCUT2D eigenvalue weighted by molar-refractivity contribution is -0.0446. The summed E-state index contributed by atoms with van der Waals surface area (Å²) in [6.45, 7) is 1.78. The minimum absolute atomic E-state index is 0.184. The van der Waals surface area contributed by atoms with Crippen LogP contribution in [-0.2, 0) is 10.3 Å². The molecule has 0 amide bonds. The van der Waals surface area contributed by atoms with Crippen molar-refractivity contribution in [2.45, 2.75) is 50.7 Å². The lowest BCUT2D eigenvalue weighted by Gasteiger charge is -2.34. The molecule has 4 heteroatoms. The van der Waals surface area contributed by atoms with Gasteiger partial charge in [0.2, 0.25) is 0 Å². The van der Waals surface area contributed by atoms with Gasteiger partial charge in [0.1, 0.15) is 10.6 Å². The summed E-state index contributed by atoms with van der Waals surface area (Å²) in [4.78, 5) is 5.37. The van der Waals surface area contributed by atoms with Crippen molar-refractivity contribution in [3.63, 3.8) is 0 Å². The van der Waals surface area contributed by atoms with Gasteiger partial charge in [-0.1, -0.05) is 19.3 Å². The Bertz CT molecular complexity index is 343. The minimum atomic E-state index is -0.427. The number of aromatic nitrogens is 1. The van der Waals surface area contributed by atoms with E-state index in [2.05, 4.69) is 4.98 Å². The molecule has 1 saturated carbocycles. The molecular weight excluding hydrogens is 222 g/mol. The fraction of sp³-hybridized carbons (Fsp3) is 0.750. The first-order valence-corrected chi connectivity index (χ1v) is 6.69. The SMILES string of the molecule is COC1(c2ncc(C(C)O)s2)CCCCC1. The highest BCUT2D eigenvalue weighted by atomic mass is 32.1. The van der Waals surface area contributed by atoms with Crippen molar-refractivity contribution >= 4 is 11.3 Å². The molecule has 3 nitrogen and oxygen atoms in total. The van der Waals surface area contributed by atoms with E-state index in [9.17, 15) is 5.11 Å². The number of aliphatic hydroxyl groups is 1. The van der Waals surface area contributed by atoms with E-state index in [4.69, 9.17) is 4.74 Å². The van der Waals surface area contributed by atoms with Crippen LogP contribution in [0.15, 0.2) is 6.20 Å². The van der Waals surface area contributed by atoms with Crippen LogP contribution < -0.4 is 0 Å². The van der Waals surface area contributed by atoms with Gasteiger partial charge in [-0.25, -0.2) is 4.98 Å². The molecule has 0 spiro atoms. The molecule has 1 heterocycles. The maximum Gasteiger partial charge on any atom is 0.125 e. The Morgan fingerprint density at radius 2 is 2.12 bits per heavy atom. The number of nitrogens with zero attached hydrogens (tertiary/aromatic N) is 1. The lowest BCUT2D eigenvalue weighted by atomic mass is 9.85. The van der Waals surface area contributed by atoms with Crippen molar-refractivity contribution in [2.24, 2.45) is 0 Å². The molecule has 0 radical (unpaired) electrons. The van der Waals surface area contributed by atoms with E-state index >= 15 is 0 Å². The van der Waals surface area contributed by atoms with Crippen molar-refractivity contribution < 1.29 is 9.84 Å². The molecule has 2 rings (SSSR count). The summed E-state index contributed by atoms with van der Waals surface area (Å²) in [6, 6.07) is 0. The maximum absolute atomic E-state index is 9.52. The van der Waals surface area contributed by atoms with Gasteiger partial charge in [0.05, 0.1) is 11.0 Å². The number of hydrogen-bond donors (Lipinski definition) is 1. The average molecular weight is 241 g/mol. The van der Waals surface area contributed by atoms with Crippen molar-refractivity contribution in [2.75, 3.05) is 7.11 Å². The number of thiazole rings is 1. The molecule has 1 unspecified atom stereocenters. The molecule has 16 heavy (non-hydrogen) atoms. The van der Waals surface area contributed by atoms with Gasteiger partial charge in [-0.05, 0) is 19.8 Å². The third-order valence-electron chi connectivity index (χ3n) is 3.38. The topological polar surface area (TPSA) is 42.4 Å². The van der Waals surface area contributed by atoms with Crippen LogP contribution in [0.3, 0.4) is 0 Å². The van der Waals surface area contributed by atoms with Gasteiger partial charge in [0, 0.05) is 13.3 Å². The third-order valence-corrected chi connectivity index (χ3v) is 4.73. The summed E-state index contributed by atoms with van der Waals surface area (Å²) in [5.74, 6) is 0. The molecular formula is C12H19NO2S. The first-order chi connectivity index (χ1) is 7.68. The summed E-state index contributed by atoms with van der Waals surface area (Å²) in [7, 11) is 1.77. The zero-order valence-electron chi connectivity index (χ0n) is 9.90. The van der Waals surface area contributed by atoms with E-state index < -0.39 is 6.10 Å². The molecule has 1 N–H and O–H groups in total. The summed E-state index contributed by atoms with van der Waals surface area (Å²) in [5, 5.41) is 10.6. The number of hydrogen-bond acceptors (Lipinski definition) is 4. The number of aliphatic hydroxyl groups excluding tert-OH is 1. The van der Waals surface area contributed by atoms with Gasteiger partial charge in [-0.2, -0.15) is 0 Å². The number of ether oxygens (including phenoxy) is 1. The summed E-state index contributed by atoms with van der Waals surface area (Å²) < 4.78 is 5.72. The van der Waals surface area contributed by atoms with Crippen LogP contribution in [0.4, 0.5) is 0 Å². The van der Waals surface area contributed by atoms with E-state index in [1.54, 1.807) is 31.6 Å². The zero-order valence-corrected chi connectivity index (χ0v) is 10.7. The zero-order chi connectivity index (χ0) is 11.6. The molecule has 1 atom stereocenters. The van der Waals surface area contributed by atoms with E-state index in [1.807, 2.05) is 0 Å². The number of rotatable bonds is 3. The molecule has 1 aromatic heterocycles. The van der Waals surface area contributed by atoms with Crippen molar-refractivity contribution in [3.8, 4) is 0 Å². The summed E-state index contributed by atoms with van der Waals surface area (Å²) in [5.41, 5.74) is -0.184. The predicted octanol–water partition coefficient (Wildman–Crippen LogP) is 3.00. The predicted molar refractivity (Wildman–Crippen MR) is 64.5 cm³/mol. The van der Waals surface area contributed by atoms with Gasteiger partial charge < -0.3 is 9.84 Å². The molecule has 0 aliphatic heterocycles. The Morgan fingerprint density at radius 3 is 2.62 bits per heavy atom. The second-order valence-corrected chi connectivity index (χ2v) is 5.57. The molecule has 1 aliphatic carbocycles. The second-order valence-electron chi connectivity index (χ2n) is 4.50. The monoisotopic (exact) mass is 241 g/mol. The molecule has 0 bridgehead atoms. The normalized spacial score (nSPS) is 21.9. The Balaban J connectivity index is 2.25. The fourth-order valence-corrected chi connectivity index (χ4v) is 3.40. The average Bonchev–Trinajstić information content (AvgIpc) is 2.80. The molecule has 90 valence electrons. The van der Waals surface area contributed by atoms with E-state index in [1.165, 1.54) is 19.3 Å². The Kier molecular flexibility index (Phi) is 3.62. The van der Waals surface area contributed by atoms with Gasteiger partial charge in [-0.3, -0.25) is 0 Å². The Labute approximate surface area is 100 Å². The molecule has 0 aromatic carbocycles. The van der Waals surface area contributed by atoms with Crippen LogP contribution in [0.1, 0.15) is 55.0 Å². The van der Waals surface area contributed by atoms with Crippen LogP contribution in [-0.4, -0.2) is 17.2 Å². The summed E-state index contributed by atoms with van der Waals surface area (Å²) in [6.07, 6.45) is 7.16. The van der Waals surface area contributed by atoms with E-state index in [0.29, 0.717) is 0 Å². The van der Waals surface area contributed by atoms with Crippen LogP contribution in [0.5, 0.6) is 0 Å². The second kappa shape index (κ2) is 4.82. The number of methoxy groups -OCH3 is 1. The first kappa shape index (κ1) is 12.0. The highest BCUT2D eigenvalue weighted by molar-refractivity contribution is 7.11.